The Morgan fingerprint density at radius 2 is 1.89 bits per heavy atom. The third-order valence-corrected chi connectivity index (χ3v) is 3.34. The molecule has 1 aromatic carbocycles. The largest absolute Gasteiger partial charge is 0.349 e. The van der Waals surface area contributed by atoms with Crippen LogP contribution in [0.2, 0.25) is 0 Å². The maximum atomic E-state index is 11.8. The zero-order valence-electron chi connectivity index (χ0n) is 12.3. The topological polar surface area (TPSA) is 55.1 Å². The standard InChI is InChI=1S/C16H26N2O/c1-4-13-7-9-14(10-8-13)16(12(2)3)18-15(19)6-5-11-17/h7-10,12,16H,4-6,11,17H2,1-3H3,(H,18,19). The molecule has 19 heavy (non-hydrogen) atoms. The molecule has 106 valence electrons. The van der Waals surface area contributed by atoms with Crippen LogP contribution in [0.3, 0.4) is 0 Å². The van der Waals surface area contributed by atoms with Gasteiger partial charge >= 0.3 is 0 Å². The van der Waals surface area contributed by atoms with Crippen LogP contribution in [0.4, 0.5) is 0 Å². The van der Waals surface area contributed by atoms with E-state index in [-0.39, 0.29) is 11.9 Å². The number of aryl methyl sites for hydroxylation is 1. The Kier molecular flexibility index (Phi) is 6.57. The first-order valence-electron chi connectivity index (χ1n) is 7.16. The van der Waals surface area contributed by atoms with Crippen LogP contribution in [0.15, 0.2) is 24.3 Å². The molecule has 3 N–H and O–H groups in total. The molecule has 0 saturated carbocycles. The van der Waals surface area contributed by atoms with Gasteiger partial charge in [-0.3, -0.25) is 4.79 Å². The minimum atomic E-state index is 0.0798. The van der Waals surface area contributed by atoms with Gasteiger partial charge in [-0.1, -0.05) is 45.0 Å². The van der Waals surface area contributed by atoms with Gasteiger partial charge in [0.1, 0.15) is 0 Å². The summed E-state index contributed by atoms with van der Waals surface area (Å²) in [6.07, 6.45) is 2.29. The predicted octanol–water partition coefficient (Wildman–Crippen LogP) is 2.80. The number of nitrogens with one attached hydrogen (secondary N) is 1. The maximum absolute atomic E-state index is 11.8. The Bertz CT molecular complexity index is 384. The van der Waals surface area contributed by atoms with Gasteiger partial charge in [0.25, 0.3) is 0 Å². The van der Waals surface area contributed by atoms with E-state index in [1.165, 1.54) is 11.1 Å². The minimum absolute atomic E-state index is 0.0798. The highest BCUT2D eigenvalue weighted by Crippen LogP contribution is 2.22. The second kappa shape index (κ2) is 7.95. The van der Waals surface area contributed by atoms with Crippen LogP contribution in [-0.2, 0) is 11.2 Å². The molecule has 3 nitrogen and oxygen atoms in total. The van der Waals surface area contributed by atoms with Crippen molar-refractivity contribution in [3.05, 3.63) is 35.4 Å². The second-order valence-electron chi connectivity index (χ2n) is 5.28. The molecule has 1 unspecified atom stereocenters. The number of benzene rings is 1. The molecule has 1 atom stereocenters. The van der Waals surface area contributed by atoms with Gasteiger partial charge in [-0.15, -0.1) is 0 Å². The van der Waals surface area contributed by atoms with Crippen LogP contribution in [0.5, 0.6) is 0 Å². The summed E-state index contributed by atoms with van der Waals surface area (Å²) in [5, 5.41) is 3.11. The maximum Gasteiger partial charge on any atom is 0.220 e. The Morgan fingerprint density at radius 1 is 1.26 bits per heavy atom. The van der Waals surface area contributed by atoms with Crippen molar-refractivity contribution in [2.24, 2.45) is 11.7 Å². The lowest BCUT2D eigenvalue weighted by atomic mass is 9.94. The van der Waals surface area contributed by atoms with Crippen molar-refractivity contribution in [2.75, 3.05) is 6.54 Å². The van der Waals surface area contributed by atoms with Crippen LogP contribution >= 0.6 is 0 Å². The van der Waals surface area contributed by atoms with Gasteiger partial charge in [0.15, 0.2) is 0 Å². The fourth-order valence-electron chi connectivity index (χ4n) is 2.10. The average molecular weight is 262 g/mol. The van der Waals surface area contributed by atoms with Crippen LogP contribution < -0.4 is 11.1 Å². The van der Waals surface area contributed by atoms with E-state index in [2.05, 4.69) is 50.4 Å². The van der Waals surface area contributed by atoms with Crippen molar-refractivity contribution in [3.63, 3.8) is 0 Å². The van der Waals surface area contributed by atoms with Gasteiger partial charge in [0.2, 0.25) is 5.91 Å². The summed E-state index contributed by atoms with van der Waals surface area (Å²) >= 11 is 0. The van der Waals surface area contributed by atoms with Gasteiger partial charge in [-0.05, 0) is 36.4 Å². The fourth-order valence-corrected chi connectivity index (χ4v) is 2.10. The number of carbonyl (C=O) groups excluding carboxylic acids is 1. The lowest BCUT2D eigenvalue weighted by molar-refractivity contribution is -0.122. The van der Waals surface area contributed by atoms with Crippen molar-refractivity contribution in [1.82, 2.24) is 5.32 Å². The highest BCUT2D eigenvalue weighted by Gasteiger charge is 2.17. The van der Waals surface area contributed by atoms with Crippen LogP contribution in [0.25, 0.3) is 0 Å². The summed E-state index contributed by atoms with van der Waals surface area (Å²) in [5.74, 6) is 0.457. The number of hydrogen-bond donors (Lipinski definition) is 2. The van der Waals surface area contributed by atoms with Crippen molar-refractivity contribution in [3.8, 4) is 0 Å². The fraction of sp³-hybridized carbons (Fsp3) is 0.562. The van der Waals surface area contributed by atoms with Crippen molar-refractivity contribution in [1.29, 1.82) is 0 Å². The molecule has 0 aliphatic rings. The SMILES string of the molecule is CCc1ccc(C(NC(=O)CCCN)C(C)C)cc1. The molecular formula is C16H26N2O. The molecule has 0 heterocycles. The van der Waals surface area contributed by atoms with Gasteiger partial charge < -0.3 is 11.1 Å². The molecular weight excluding hydrogens is 236 g/mol. The molecule has 1 rings (SSSR count). The van der Waals surface area contributed by atoms with E-state index in [1.807, 2.05) is 0 Å². The van der Waals surface area contributed by atoms with Gasteiger partial charge in [0.05, 0.1) is 6.04 Å². The summed E-state index contributed by atoms with van der Waals surface area (Å²) in [6.45, 7) is 6.96. The molecule has 0 fully saturated rings. The Hall–Kier alpha value is -1.35. The van der Waals surface area contributed by atoms with Gasteiger partial charge in [-0.25, -0.2) is 0 Å². The Labute approximate surface area is 116 Å². The van der Waals surface area contributed by atoms with E-state index in [9.17, 15) is 4.79 Å². The highest BCUT2D eigenvalue weighted by molar-refractivity contribution is 5.76. The lowest BCUT2D eigenvalue weighted by Gasteiger charge is -2.23. The Balaban J connectivity index is 2.73. The molecule has 0 saturated heterocycles. The third kappa shape index (κ3) is 5.03. The van der Waals surface area contributed by atoms with E-state index < -0.39 is 0 Å². The molecule has 0 aliphatic carbocycles. The summed E-state index contributed by atoms with van der Waals surface area (Å²) < 4.78 is 0. The Morgan fingerprint density at radius 3 is 2.37 bits per heavy atom. The van der Waals surface area contributed by atoms with E-state index >= 15 is 0 Å². The lowest BCUT2D eigenvalue weighted by Crippen LogP contribution is -2.31. The van der Waals surface area contributed by atoms with Gasteiger partial charge in [-0.2, -0.15) is 0 Å². The molecule has 0 spiro atoms. The quantitative estimate of drug-likeness (QED) is 0.794. The second-order valence-corrected chi connectivity index (χ2v) is 5.28. The molecule has 1 amide bonds. The summed E-state index contributed by atoms with van der Waals surface area (Å²) in [5.41, 5.74) is 7.92. The summed E-state index contributed by atoms with van der Waals surface area (Å²) in [6, 6.07) is 8.59. The molecule has 1 aromatic rings. The van der Waals surface area contributed by atoms with Gasteiger partial charge in [0, 0.05) is 6.42 Å². The molecule has 0 bridgehead atoms. The van der Waals surface area contributed by atoms with Crippen LogP contribution in [0.1, 0.15) is 50.8 Å². The van der Waals surface area contributed by atoms with E-state index in [1.54, 1.807) is 0 Å². The normalized spacial score (nSPS) is 12.5. The molecule has 3 heteroatoms. The first kappa shape index (κ1) is 15.7. The van der Waals surface area contributed by atoms with Crippen LogP contribution in [-0.4, -0.2) is 12.5 Å². The number of amides is 1. The number of hydrogen-bond acceptors (Lipinski definition) is 2. The first-order valence-corrected chi connectivity index (χ1v) is 7.16. The third-order valence-electron chi connectivity index (χ3n) is 3.34. The van der Waals surface area contributed by atoms with Crippen molar-refractivity contribution < 1.29 is 4.79 Å². The first-order chi connectivity index (χ1) is 9.08. The van der Waals surface area contributed by atoms with E-state index in [0.29, 0.717) is 18.9 Å². The van der Waals surface area contributed by atoms with Crippen molar-refractivity contribution in [2.45, 2.75) is 46.1 Å². The number of nitrogens with two attached hydrogens (primary N) is 1. The summed E-state index contributed by atoms with van der Waals surface area (Å²) in [7, 11) is 0. The molecule has 0 aromatic heterocycles. The zero-order valence-corrected chi connectivity index (χ0v) is 12.3. The predicted molar refractivity (Wildman–Crippen MR) is 79.8 cm³/mol. The zero-order chi connectivity index (χ0) is 14.3. The van der Waals surface area contributed by atoms with E-state index in [4.69, 9.17) is 5.73 Å². The number of carbonyl (C=O) groups is 1. The molecule has 0 radical (unpaired) electrons. The van der Waals surface area contributed by atoms with Crippen LogP contribution in [0, 0.1) is 5.92 Å². The number of rotatable bonds is 7. The molecule has 0 aliphatic heterocycles. The smallest absolute Gasteiger partial charge is 0.220 e. The summed E-state index contributed by atoms with van der Waals surface area (Å²) in [4.78, 5) is 11.8. The minimum Gasteiger partial charge on any atom is -0.349 e. The van der Waals surface area contributed by atoms with Crippen molar-refractivity contribution >= 4 is 5.91 Å². The van der Waals surface area contributed by atoms with E-state index in [0.717, 1.165) is 12.8 Å². The average Bonchev–Trinajstić information content (AvgIpc) is 2.42. The monoisotopic (exact) mass is 262 g/mol. The highest BCUT2D eigenvalue weighted by atomic mass is 16.1.